The van der Waals surface area contributed by atoms with Crippen molar-refractivity contribution in [3.63, 3.8) is 0 Å². The molecule has 7 rings (SSSR count). The van der Waals surface area contributed by atoms with Crippen LogP contribution in [0.4, 0.5) is 5.69 Å². The van der Waals surface area contributed by atoms with Gasteiger partial charge in [0.1, 0.15) is 5.75 Å². The SMILES string of the molecule is C=C1C=CC=C=C2CC(C)(C(=O)NC3NC(c4cccc(C(=O)Nc5ccc(OC)c(Cl)c5)c4)=CS3)C1CC21OCCO1. The molecule has 3 aliphatic carbocycles. The summed E-state index contributed by atoms with van der Waals surface area (Å²) in [6.07, 6.45) is 6.62. The lowest BCUT2D eigenvalue weighted by molar-refractivity contribution is -0.169. The van der Waals surface area contributed by atoms with Crippen molar-refractivity contribution in [2.24, 2.45) is 11.3 Å². The van der Waals surface area contributed by atoms with Crippen LogP contribution < -0.4 is 20.7 Å². The topological polar surface area (TPSA) is 97.9 Å². The molecule has 2 fully saturated rings. The average Bonchev–Trinajstić information content (AvgIpc) is 3.69. The van der Waals surface area contributed by atoms with E-state index in [1.54, 1.807) is 30.3 Å². The van der Waals surface area contributed by atoms with Gasteiger partial charge in [0.15, 0.2) is 11.3 Å². The maximum absolute atomic E-state index is 14.0. The molecule has 1 saturated carbocycles. The maximum Gasteiger partial charge on any atom is 0.255 e. The third-order valence-corrected chi connectivity index (χ3v) is 9.52. The van der Waals surface area contributed by atoms with E-state index in [1.165, 1.54) is 18.9 Å². The molecular weight excluding hydrogens is 586 g/mol. The number of halogens is 1. The molecule has 222 valence electrons. The van der Waals surface area contributed by atoms with Crippen molar-refractivity contribution in [2.75, 3.05) is 25.6 Å². The Bertz CT molecular complexity index is 1620. The summed E-state index contributed by atoms with van der Waals surface area (Å²) < 4.78 is 17.4. The largest absolute Gasteiger partial charge is 0.495 e. The Morgan fingerprint density at radius 1 is 1.21 bits per heavy atom. The van der Waals surface area contributed by atoms with E-state index in [1.807, 2.05) is 42.7 Å². The molecule has 2 heterocycles. The molecule has 0 aromatic heterocycles. The summed E-state index contributed by atoms with van der Waals surface area (Å²) in [4.78, 5) is 27.0. The highest BCUT2D eigenvalue weighted by Gasteiger charge is 2.57. The van der Waals surface area contributed by atoms with E-state index >= 15 is 0 Å². The Hall–Kier alpha value is -3.72. The first-order valence-corrected chi connectivity index (χ1v) is 15.3. The highest BCUT2D eigenvalue weighted by atomic mass is 35.5. The van der Waals surface area contributed by atoms with Crippen molar-refractivity contribution < 1.29 is 23.8 Å². The highest BCUT2D eigenvalue weighted by molar-refractivity contribution is 8.03. The van der Waals surface area contributed by atoms with Crippen LogP contribution in [0, 0.1) is 11.3 Å². The number of carbonyl (C=O) groups excluding carboxylic acids is 2. The number of allylic oxidation sites excluding steroid dienone is 3. The lowest BCUT2D eigenvalue weighted by atomic mass is 9.61. The fourth-order valence-corrected chi connectivity index (χ4v) is 7.10. The fraction of sp³-hybridized carbons (Fsp3) is 0.303. The van der Waals surface area contributed by atoms with Crippen molar-refractivity contribution in [2.45, 2.75) is 31.1 Å². The molecule has 2 amide bonds. The predicted molar refractivity (Wildman–Crippen MR) is 168 cm³/mol. The zero-order chi connectivity index (χ0) is 30.2. The number of nitrogens with one attached hydrogen (secondary N) is 3. The van der Waals surface area contributed by atoms with E-state index < -0.39 is 11.2 Å². The van der Waals surface area contributed by atoms with Crippen molar-refractivity contribution in [3.05, 3.63) is 106 Å². The number of rotatable bonds is 6. The van der Waals surface area contributed by atoms with Crippen molar-refractivity contribution in [1.82, 2.24) is 10.6 Å². The molecule has 43 heavy (non-hydrogen) atoms. The minimum atomic E-state index is -0.859. The molecule has 5 aliphatic rings. The van der Waals surface area contributed by atoms with E-state index in [9.17, 15) is 9.59 Å². The number of carbonyl (C=O) groups is 2. The van der Waals surface area contributed by atoms with Crippen LogP contribution >= 0.6 is 23.4 Å². The normalized spacial score (nSPS) is 25.3. The van der Waals surface area contributed by atoms with Crippen molar-refractivity contribution in [3.8, 4) is 5.75 Å². The molecule has 1 spiro atoms. The highest BCUT2D eigenvalue weighted by Crippen LogP contribution is 2.54. The minimum absolute atomic E-state index is 0.0907. The summed E-state index contributed by atoms with van der Waals surface area (Å²) in [5.74, 6) is -0.876. The monoisotopic (exact) mass is 617 g/mol. The number of ether oxygens (including phenoxy) is 3. The zero-order valence-electron chi connectivity index (χ0n) is 23.9. The third-order valence-electron chi connectivity index (χ3n) is 8.35. The summed E-state index contributed by atoms with van der Waals surface area (Å²) in [5, 5.41) is 11.8. The first kappa shape index (κ1) is 29.4. The van der Waals surface area contributed by atoms with Gasteiger partial charge in [0.25, 0.3) is 5.91 Å². The average molecular weight is 618 g/mol. The number of hydrogen-bond donors (Lipinski definition) is 3. The van der Waals surface area contributed by atoms with Crippen LogP contribution in [0.1, 0.15) is 35.7 Å². The molecule has 10 heteroatoms. The molecule has 2 aliphatic heterocycles. The number of fused-ring (bicyclic) bond motifs is 3. The zero-order valence-corrected chi connectivity index (χ0v) is 25.4. The lowest BCUT2D eigenvalue weighted by Gasteiger charge is -2.47. The van der Waals surface area contributed by atoms with Gasteiger partial charge in [-0.1, -0.05) is 59.8 Å². The lowest BCUT2D eigenvalue weighted by Crippen LogP contribution is -2.55. The molecule has 2 aromatic carbocycles. The van der Waals surface area contributed by atoms with Gasteiger partial charge in [-0.3, -0.25) is 9.59 Å². The van der Waals surface area contributed by atoms with E-state index in [0.29, 0.717) is 48.1 Å². The van der Waals surface area contributed by atoms with E-state index in [0.717, 1.165) is 22.4 Å². The molecule has 3 unspecified atom stereocenters. The van der Waals surface area contributed by atoms with Gasteiger partial charge in [-0.2, -0.15) is 0 Å². The number of benzene rings is 2. The van der Waals surface area contributed by atoms with Gasteiger partial charge in [0, 0.05) is 29.2 Å². The molecule has 0 radical (unpaired) electrons. The fourth-order valence-electron chi connectivity index (χ4n) is 5.99. The Balaban J connectivity index is 1.13. The number of anilines is 1. The molecule has 1 saturated heterocycles. The van der Waals surface area contributed by atoms with Crippen LogP contribution in [0.15, 0.2) is 89.6 Å². The quantitative estimate of drug-likeness (QED) is 0.342. The predicted octanol–water partition coefficient (Wildman–Crippen LogP) is 6.00. The van der Waals surface area contributed by atoms with Gasteiger partial charge in [-0.25, -0.2) is 0 Å². The summed E-state index contributed by atoms with van der Waals surface area (Å²) >= 11 is 7.67. The van der Waals surface area contributed by atoms with Gasteiger partial charge in [0.2, 0.25) is 5.91 Å². The number of thioether (sulfide) groups is 1. The van der Waals surface area contributed by atoms with E-state index in [2.05, 4.69) is 28.3 Å². The van der Waals surface area contributed by atoms with Crippen LogP contribution in [0.2, 0.25) is 5.02 Å². The second-order valence-electron chi connectivity index (χ2n) is 11.1. The van der Waals surface area contributed by atoms with Crippen LogP contribution in [-0.4, -0.2) is 43.4 Å². The number of methoxy groups -OCH3 is 1. The Morgan fingerprint density at radius 3 is 2.79 bits per heavy atom. The third kappa shape index (κ3) is 5.67. The maximum atomic E-state index is 14.0. The second kappa shape index (κ2) is 11.8. The Morgan fingerprint density at radius 2 is 2.02 bits per heavy atom. The summed E-state index contributed by atoms with van der Waals surface area (Å²) in [6, 6.07) is 12.4. The smallest absolute Gasteiger partial charge is 0.255 e. The first-order chi connectivity index (χ1) is 20.7. The molecule has 2 bridgehead atoms. The van der Waals surface area contributed by atoms with Crippen molar-refractivity contribution >= 4 is 46.6 Å². The molecular formula is C33H32ClN3O5S. The first-order valence-electron chi connectivity index (χ1n) is 14.0. The van der Waals surface area contributed by atoms with Gasteiger partial charge in [-0.05, 0) is 60.7 Å². The Kier molecular flexibility index (Phi) is 8.02. The summed E-state index contributed by atoms with van der Waals surface area (Å²) in [7, 11) is 1.54. The van der Waals surface area contributed by atoms with Crippen LogP contribution in [0.25, 0.3) is 5.70 Å². The van der Waals surface area contributed by atoms with Crippen LogP contribution in [-0.2, 0) is 14.3 Å². The van der Waals surface area contributed by atoms with Gasteiger partial charge < -0.3 is 30.2 Å². The standard InChI is InChI=1S/C33H32ClN3O5S/c1-20-7-4-5-10-23-17-32(2,25(20)18-33(23)41-13-14-42-33)30(39)37-31-36-27(19-43-31)21-8-6-9-22(15-21)29(38)35-24-11-12-28(40-3)26(34)16-24/h4-9,11-12,15-16,19,25,31,36H,1,13-14,17-18H2,2-3H3,(H,35,38)(H,37,39). The summed E-state index contributed by atoms with van der Waals surface area (Å²) in [5.41, 5.74) is 6.54. The number of hydrogen-bond acceptors (Lipinski definition) is 7. The Labute approximate surface area is 259 Å². The van der Waals surface area contributed by atoms with E-state index in [4.69, 9.17) is 25.8 Å². The number of amides is 2. The van der Waals surface area contributed by atoms with Crippen LogP contribution in [0.3, 0.4) is 0 Å². The molecule has 3 N–H and O–H groups in total. The summed E-state index contributed by atoms with van der Waals surface area (Å²) in [6.45, 7) is 7.30. The second-order valence-corrected chi connectivity index (χ2v) is 12.5. The van der Waals surface area contributed by atoms with Crippen LogP contribution in [0.5, 0.6) is 5.75 Å². The molecule has 8 nitrogen and oxygen atoms in total. The van der Waals surface area contributed by atoms with E-state index in [-0.39, 0.29) is 23.2 Å². The molecule has 2 aromatic rings. The van der Waals surface area contributed by atoms with Gasteiger partial charge >= 0.3 is 0 Å². The minimum Gasteiger partial charge on any atom is -0.495 e. The van der Waals surface area contributed by atoms with Crippen molar-refractivity contribution in [1.29, 1.82) is 0 Å². The van der Waals surface area contributed by atoms with Gasteiger partial charge in [0.05, 0.1) is 36.5 Å². The van der Waals surface area contributed by atoms with Gasteiger partial charge in [-0.15, -0.1) is 5.73 Å². The molecule has 3 atom stereocenters.